The van der Waals surface area contributed by atoms with Gasteiger partial charge in [0.05, 0.1) is 0 Å². The second kappa shape index (κ2) is 13.3. The zero-order chi connectivity index (χ0) is 26.0. The van der Waals surface area contributed by atoms with E-state index in [1.807, 2.05) is 6.92 Å². The summed E-state index contributed by atoms with van der Waals surface area (Å²) in [6.07, 6.45) is 5.38. The number of rotatable bonds is 14. The molecule has 36 heavy (non-hydrogen) atoms. The van der Waals surface area contributed by atoms with E-state index in [-0.39, 0.29) is 11.5 Å². The molecular weight excluding hydrogens is 468 g/mol. The van der Waals surface area contributed by atoms with Crippen molar-refractivity contribution in [1.29, 1.82) is 0 Å². The van der Waals surface area contributed by atoms with Crippen molar-refractivity contribution in [2.75, 3.05) is 0 Å². The molecule has 3 aromatic rings. The van der Waals surface area contributed by atoms with Crippen LogP contribution in [0.3, 0.4) is 0 Å². The second-order valence-electron chi connectivity index (χ2n) is 8.93. The standard InChI is InChI=1S/C30H33F4O2/c1-3-5-6-7-8-9-11-23-14-18-25(19-15-23)36-30(33,34)28-26(31)20-21-27(29(28)32)35-24-16-12-22(10-4-2)13-17-24/h12-20H,3-11H2,1-2H3. The summed E-state index contributed by atoms with van der Waals surface area (Å²) in [6.45, 7) is 4.22. The first-order valence-corrected chi connectivity index (χ1v) is 12.7. The van der Waals surface area contributed by atoms with Crippen LogP contribution in [-0.2, 0) is 19.0 Å². The molecular formula is C30H33F4O2. The molecule has 0 unspecified atom stereocenters. The Bertz CT molecular complexity index is 1080. The van der Waals surface area contributed by atoms with Gasteiger partial charge in [-0.3, -0.25) is 0 Å². The topological polar surface area (TPSA) is 18.5 Å². The highest BCUT2D eigenvalue weighted by Gasteiger charge is 2.42. The monoisotopic (exact) mass is 501 g/mol. The highest BCUT2D eigenvalue weighted by molar-refractivity contribution is 5.38. The first-order chi connectivity index (χ1) is 17.3. The van der Waals surface area contributed by atoms with E-state index in [4.69, 9.17) is 9.47 Å². The summed E-state index contributed by atoms with van der Waals surface area (Å²) in [7, 11) is 0. The van der Waals surface area contributed by atoms with Crippen LogP contribution in [0.15, 0.2) is 54.6 Å². The highest BCUT2D eigenvalue weighted by atomic mass is 19.3. The lowest BCUT2D eigenvalue weighted by atomic mass is 10.0. The van der Waals surface area contributed by atoms with Crippen molar-refractivity contribution < 1.29 is 27.0 Å². The van der Waals surface area contributed by atoms with Gasteiger partial charge in [-0.25, -0.2) is 8.78 Å². The van der Waals surface area contributed by atoms with Crippen molar-refractivity contribution >= 4 is 0 Å². The zero-order valence-corrected chi connectivity index (χ0v) is 20.9. The average molecular weight is 502 g/mol. The van der Waals surface area contributed by atoms with Gasteiger partial charge in [0.25, 0.3) is 0 Å². The SMILES string of the molecule is CCCCCCCCc1ccc(OC(F)(F)c2c(F)c[c]c(Oc3ccc(CCC)cc3)c2F)cc1. The molecule has 0 N–H and O–H groups in total. The van der Waals surface area contributed by atoms with Gasteiger partial charge >= 0.3 is 6.11 Å². The van der Waals surface area contributed by atoms with Crippen LogP contribution in [0, 0.1) is 17.7 Å². The number of halogens is 4. The fourth-order valence-corrected chi connectivity index (χ4v) is 3.99. The lowest BCUT2D eigenvalue weighted by molar-refractivity contribution is -0.189. The number of ether oxygens (including phenoxy) is 2. The Labute approximate surface area is 211 Å². The van der Waals surface area contributed by atoms with Crippen LogP contribution in [-0.4, -0.2) is 0 Å². The van der Waals surface area contributed by atoms with E-state index in [1.54, 1.807) is 36.4 Å². The van der Waals surface area contributed by atoms with Crippen LogP contribution in [0.2, 0.25) is 0 Å². The van der Waals surface area contributed by atoms with Crippen LogP contribution in [0.1, 0.15) is 75.5 Å². The molecule has 0 aliphatic heterocycles. The summed E-state index contributed by atoms with van der Waals surface area (Å²) in [5.74, 6) is -3.62. The van der Waals surface area contributed by atoms with Gasteiger partial charge in [0, 0.05) is 6.07 Å². The number of benzene rings is 3. The van der Waals surface area contributed by atoms with Crippen LogP contribution in [0.5, 0.6) is 17.2 Å². The molecule has 0 spiro atoms. The highest BCUT2D eigenvalue weighted by Crippen LogP contribution is 2.38. The number of hydrogen-bond acceptors (Lipinski definition) is 2. The second-order valence-corrected chi connectivity index (χ2v) is 8.93. The van der Waals surface area contributed by atoms with Gasteiger partial charge in [-0.2, -0.15) is 8.78 Å². The minimum atomic E-state index is -4.26. The summed E-state index contributed by atoms with van der Waals surface area (Å²) in [5.41, 5.74) is 0.538. The summed E-state index contributed by atoms with van der Waals surface area (Å²) in [6, 6.07) is 15.8. The molecule has 0 aromatic heterocycles. The van der Waals surface area contributed by atoms with Gasteiger partial charge in [-0.1, -0.05) is 76.6 Å². The zero-order valence-electron chi connectivity index (χ0n) is 20.9. The van der Waals surface area contributed by atoms with Crippen molar-refractivity contribution in [2.45, 2.75) is 77.7 Å². The Kier molecular flexibility index (Phi) is 10.2. The summed E-state index contributed by atoms with van der Waals surface area (Å²) < 4.78 is 69.2. The molecule has 3 aromatic carbocycles. The molecule has 0 bridgehead atoms. The number of hydrogen-bond donors (Lipinski definition) is 0. The summed E-state index contributed by atoms with van der Waals surface area (Å²) in [4.78, 5) is 0. The van der Waals surface area contributed by atoms with Crippen LogP contribution in [0.25, 0.3) is 0 Å². The van der Waals surface area contributed by atoms with E-state index in [0.29, 0.717) is 6.07 Å². The van der Waals surface area contributed by atoms with Crippen molar-refractivity contribution in [3.05, 3.63) is 89.0 Å². The predicted molar refractivity (Wildman–Crippen MR) is 134 cm³/mol. The molecule has 3 rings (SSSR count). The van der Waals surface area contributed by atoms with E-state index in [2.05, 4.69) is 13.0 Å². The number of alkyl halides is 2. The van der Waals surface area contributed by atoms with Gasteiger partial charge in [0.2, 0.25) is 0 Å². The minimum absolute atomic E-state index is 0.188. The Balaban J connectivity index is 1.67. The van der Waals surface area contributed by atoms with E-state index < -0.39 is 29.1 Å². The fraction of sp³-hybridized carbons (Fsp3) is 0.400. The van der Waals surface area contributed by atoms with E-state index >= 15 is 0 Å². The lowest BCUT2D eigenvalue weighted by Crippen LogP contribution is -2.25. The third kappa shape index (κ3) is 7.74. The molecule has 0 atom stereocenters. The third-order valence-corrected chi connectivity index (χ3v) is 5.95. The van der Waals surface area contributed by atoms with Crippen molar-refractivity contribution in [1.82, 2.24) is 0 Å². The number of unbranched alkanes of at least 4 members (excludes halogenated alkanes) is 5. The molecule has 2 nitrogen and oxygen atoms in total. The summed E-state index contributed by atoms with van der Waals surface area (Å²) >= 11 is 0. The molecule has 0 fully saturated rings. The molecule has 1 radical (unpaired) electrons. The van der Waals surface area contributed by atoms with Crippen LogP contribution < -0.4 is 9.47 Å². The van der Waals surface area contributed by atoms with Crippen molar-refractivity contribution in [3.63, 3.8) is 0 Å². The van der Waals surface area contributed by atoms with Gasteiger partial charge < -0.3 is 9.47 Å². The molecule has 6 heteroatoms. The molecule has 0 aliphatic carbocycles. The van der Waals surface area contributed by atoms with Crippen LogP contribution in [0.4, 0.5) is 17.6 Å². The predicted octanol–water partition coefficient (Wildman–Crippen LogP) is 9.54. The number of aryl methyl sites for hydroxylation is 2. The molecule has 0 heterocycles. The van der Waals surface area contributed by atoms with Crippen molar-refractivity contribution in [2.24, 2.45) is 0 Å². The average Bonchev–Trinajstić information content (AvgIpc) is 2.85. The van der Waals surface area contributed by atoms with Gasteiger partial charge in [-0.05, 0) is 60.7 Å². The van der Waals surface area contributed by atoms with E-state index in [1.165, 1.54) is 37.8 Å². The molecule has 0 aliphatic rings. The Morgan fingerprint density at radius 1 is 0.722 bits per heavy atom. The smallest absolute Gasteiger partial charge is 0.432 e. The maximum absolute atomic E-state index is 15.0. The minimum Gasteiger partial charge on any atom is -0.454 e. The molecule has 193 valence electrons. The maximum atomic E-state index is 15.0. The molecule has 0 amide bonds. The van der Waals surface area contributed by atoms with Gasteiger partial charge in [-0.15, -0.1) is 0 Å². The molecule has 0 saturated heterocycles. The first-order valence-electron chi connectivity index (χ1n) is 12.7. The summed E-state index contributed by atoms with van der Waals surface area (Å²) in [5, 5.41) is 0. The normalized spacial score (nSPS) is 11.5. The Morgan fingerprint density at radius 3 is 1.94 bits per heavy atom. The first kappa shape index (κ1) is 27.6. The third-order valence-electron chi connectivity index (χ3n) is 5.95. The Morgan fingerprint density at radius 2 is 1.31 bits per heavy atom. The van der Waals surface area contributed by atoms with Gasteiger partial charge in [0.1, 0.15) is 22.9 Å². The Hall–Kier alpha value is -3.02. The molecule has 0 saturated carbocycles. The quantitative estimate of drug-likeness (QED) is 0.162. The van der Waals surface area contributed by atoms with Crippen molar-refractivity contribution in [3.8, 4) is 17.2 Å². The van der Waals surface area contributed by atoms with E-state index in [0.717, 1.165) is 43.2 Å². The van der Waals surface area contributed by atoms with Gasteiger partial charge in [0.15, 0.2) is 11.6 Å². The maximum Gasteiger partial charge on any atom is 0.432 e. The lowest BCUT2D eigenvalue weighted by Gasteiger charge is -2.20. The van der Waals surface area contributed by atoms with Crippen LogP contribution >= 0.6 is 0 Å². The van der Waals surface area contributed by atoms with E-state index in [9.17, 15) is 17.6 Å². The fourth-order valence-electron chi connectivity index (χ4n) is 3.99. The largest absolute Gasteiger partial charge is 0.454 e.